The normalized spacial score (nSPS) is 21.8. The lowest BCUT2D eigenvalue weighted by Gasteiger charge is -2.28. The number of carbonyl (C=O) groups excluding carboxylic acids is 4. The molecule has 2 aliphatic carbocycles. The van der Waals surface area contributed by atoms with Crippen molar-refractivity contribution >= 4 is 23.7 Å². The van der Waals surface area contributed by atoms with Gasteiger partial charge in [-0.2, -0.15) is 4.57 Å². The molecule has 3 N–H and O–H groups in total. The molecule has 15 heteroatoms. The molecule has 4 unspecified atom stereocenters. The van der Waals surface area contributed by atoms with Gasteiger partial charge in [0, 0.05) is 50.7 Å². The Morgan fingerprint density at radius 3 is 1.41 bits per heavy atom. The van der Waals surface area contributed by atoms with Crippen molar-refractivity contribution in [2.24, 2.45) is 23.7 Å². The summed E-state index contributed by atoms with van der Waals surface area (Å²) in [7, 11) is 0. The maximum absolute atomic E-state index is 12.6. The summed E-state index contributed by atoms with van der Waals surface area (Å²) in [6, 6.07) is 5.31. The number of ketones is 1. The maximum Gasteiger partial charge on any atom is 0.330 e. The third-order valence-corrected chi connectivity index (χ3v) is 10.0. The van der Waals surface area contributed by atoms with Crippen LogP contribution in [0.15, 0.2) is 55.9 Å². The second-order valence-corrected chi connectivity index (χ2v) is 14.7. The average Bonchev–Trinajstić information content (AvgIpc) is 3.21. The van der Waals surface area contributed by atoms with Crippen LogP contribution in [0.4, 0.5) is 0 Å². The van der Waals surface area contributed by atoms with Crippen molar-refractivity contribution in [3.05, 3.63) is 55.9 Å². The Bertz CT molecular complexity index is 1310. The Morgan fingerprint density at radius 1 is 0.571 bits per heavy atom. The Kier molecular flexibility index (Phi) is 22.7. The van der Waals surface area contributed by atoms with Crippen LogP contribution in [0.25, 0.3) is 0 Å². The Morgan fingerprint density at radius 2 is 0.982 bits per heavy atom. The predicted octanol–water partition coefficient (Wildman–Crippen LogP) is 2.24. The van der Waals surface area contributed by atoms with Crippen molar-refractivity contribution in [2.75, 3.05) is 72.7 Å². The van der Waals surface area contributed by atoms with Gasteiger partial charge in [-0.25, -0.2) is 9.59 Å². The molecule has 2 aliphatic rings. The van der Waals surface area contributed by atoms with E-state index in [-0.39, 0.29) is 51.6 Å². The highest BCUT2D eigenvalue weighted by atomic mass is 16.6. The molecule has 1 aromatic heterocycles. The van der Waals surface area contributed by atoms with E-state index in [4.69, 9.17) is 33.2 Å². The first kappa shape index (κ1) is 46.8. The van der Waals surface area contributed by atoms with E-state index in [0.717, 1.165) is 63.5 Å². The molecule has 4 atom stereocenters. The van der Waals surface area contributed by atoms with Crippen molar-refractivity contribution in [3.8, 4) is 0 Å². The summed E-state index contributed by atoms with van der Waals surface area (Å²) < 4.78 is 40.0. The number of pyridine rings is 1. The van der Waals surface area contributed by atoms with E-state index < -0.39 is 48.4 Å². The van der Waals surface area contributed by atoms with Crippen molar-refractivity contribution in [1.29, 1.82) is 0 Å². The van der Waals surface area contributed by atoms with Crippen LogP contribution in [0.3, 0.4) is 0 Å². The number of ether oxygens (including phenoxy) is 7. The van der Waals surface area contributed by atoms with Gasteiger partial charge < -0.3 is 48.5 Å². The van der Waals surface area contributed by atoms with Gasteiger partial charge in [-0.05, 0) is 75.0 Å². The molecule has 0 aliphatic heterocycles. The number of carbonyl (C=O) groups is 4. The standard InChI is InChI=1S/C41H62NO14/c1-3-39(47)55-27-35(43)25-51-20-31-10-8-30(9-11-31)19-50-23-34(42-16-6-5-7-17-42)24-54-41(49)18-37(45)38(46)29-53-22-33-14-12-32(13-15-33)21-52-26-36(44)28-56-40(48)4-2/h3-7,16-17,30-36,38,43-44,46H,1-2,8-15,18-29H2/q+1. The van der Waals surface area contributed by atoms with Gasteiger partial charge in [0.05, 0.1) is 19.8 Å². The van der Waals surface area contributed by atoms with Crippen LogP contribution in [0.2, 0.25) is 0 Å². The molecule has 0 radical (unpaired) electrons. The summed E-state index contributed by atoms with van der Waals surface area (Å²) in [5, 5.41) is 30.1. The summed E-state index contributed by atoms with van der Waals surface area (Å²) in [6.45, 7) is 8.58. The van der Waals surface area contributed by atoms with E-state index in [2.05, 4.69) is 13.2 Å². The van der Waals surface area contributed by atoms with E-state index in [0.29, 0.717) is 50.8 Å². The number of aliphatic hydroxyl groups is 3. The van der Waals surface area contributed by atoms with Gasteiger partial charge in [-0.15, -0.1) is 0 Å². The minimum absolute atomic E-state index is 0.00440. The zero-order valence-corrected chi connectivity index (χ0v) is 32.5. The molecule has 0 bridgehead atoms. The molecule has 3 rings (SSSR count). The molecule has 56 heavy (non-hydrogen) atoms. The van der Waals surface area contributed by atoms with Crippen LogP contribution in [-0.2, 0) is 52.3 Å². The molecule has 0 saturated heterocycles. The molecule has 0 spiro atoms. The Balaban J connectivity index is 1.26. The first-order valence-corrected chi connectivity index (χ1v) is 19.6. The van der Waals surface area contributed by atoms with Crippen LogP contribution in [0, 0.1) is 23.7 Å². The molecule has 1 aromatic rings. The quantitative estimate of drug-likeness (QED) is 0.0367. The summed E-state index contributed by atoms with van der Waals surface area (Å²) in [5.41, 5.74) is 0. The molecular formula is C41H62NO14+. The number of aliphatic hydroxyl groups excluding tert-OH is 3. The van der Waals surface area contributed by atoms with E-state index in [9.17, 15) is 34.5 Å². The van der Waals surface area contributed by atoms with Gasteiger partial charge in [0.2, 0.25) is 6.04 Å². The third-order valence-electron chi connectivity index (χ3n) is 10.0. The van der Waals surface area contributed by atoms with Gasteiger partial charge >= 0.3 is 17.9 Å². The van der Waals surface area contributed by atoms with Crippen LogP contribution in [0.5, 0.6) is 0 Å². The third kappa shape index (κ3) is 19.5. The minimum Gasteiger partial charge on any atom is -0.460 e. The number of esters is 3. The van der Waals surface area contributed by atoms with Gasteiger partial charge in [-0.1, -0.05) is 19.2 Å². The lowest BCUT2D eigenvalue weighted by molar-refractivity contribution is -0.726. The maximum atomic E-state index is 12.6. The van der Waals surface area contributed by atoms with Crippen LogP contribution in [-0.4, -0.2) is 130 Å². The van der Waals surface area contributed by atoms with E-state index in [1.807, 2.05) is 35.2 Å². The molecule has 1 heterocycles. The molecule has 2 saturated carbocycles. The van der Waals surface area contributed by atoms with Gasteiger partial charge in [-0.3, -0.25) is 9.59 Å². The summed E-state index contributed by atoms with van der Waals surface area (Å²) in [6.07, 6.45) is 9.55. The molecule has 314 valence electrons. The highest BCUT2D eigenvalue weighted by Crippen LogP contribution is 2.30. The number of hydrogen-bond donors (Lipinski definition) is 3. The summed E-state index contributed by atoms with van der Waals surface area (Å²) in [5.74, 6) is -1.19. The highest BCUT2D eigenvalue weighted by Gasteiger charge is 2.27. The van der Waals surface area contributed by atoms with Crippen LogP contribution < -0.4 is 4.57 Å². The van der Waals surface area contributed by atoms with E-state index >= 15 is 0 Å². The topological polar surface area (TPSA) is 197 Å². The number of Topliss-reactive ketones (excluding diaryl/α,β-unsaturated/α-hetero) is 1. The fourth-order valence-corrected chi connectivity index (χ4v) is 6.63. The van der Waals surface area contributed by atoms with Crippen molar-refractivity contribution in [3.63, 3.8) is 0 Å². The van der Waals surface area contributed by atoms with Crippen molar-refractivity contribution < 1.29 is 72.2 Å². The second-order valence-electron chi connectivity index (χ2n) is 14.7. The fourth-order valence-electron chi connectivity index (χ4n) is 6.63. The zero-order chi connectivity index (χ0) is 40.5. The Hall–Kier alpha value is -3.57. The summed E-state index contributed by atoms with van der Waals surface area (Å²) >= 11 is 0. The Labute approximate surface area is 329 Å². The largest absolute Gasteiger partial charge is 0.460 e. The lowest BCUT2D eigenvalue weighted by atomic mass is 9.83. The first-order chi connectivity index (χ1) is 27.1. The lowest BCUT2D eigenvalue weighted by Crippen LogP contribution is -2.44. The molecule has 2 fully saturated rings. The zero-order valence-electron chi connectivity index (χ0n) is 32.5. The highest BCUT2D eigenvalue weighted by molar-refractivity contribution is 5.97. The monoisotopic (exact) mass is 792 g/mol. The van der Waals surface area contributed by atoms with Crippen LogP contribution >= 0.6 is 0 Å². The molecule has 0 amide bonds. The SMILES string of the molecule is C=CC(=O)OCC(O)COCC1CCC(COCC(O)C(=O)CC(=O)OCC(COCC2CCC(COCC(O)COC(=O)C=C)CC2)[n+]2ccccc2)CC1. The van der Waals surface area contributed by atoms with E-state index in [1.165, 1.54) is 0 Å². The molecular weight excluding hydrogens is 730 g/mol. The van der Waals surface area contributed by atoms with Gasteiger partial charge in [0.25, 0.3) is 0 Å². The van der Waals surface area contributed by atoms with Crippen molar-refractivity contribution in [2.45, 2.75) is 82.1 Å². The predicted molar refractivity (Wildman–Crippen MR) is 201 cm³/mol. The molecule has 0 aromatic carbocycles. The van der Waals surface area contributed by atoms with E-state index in [1.54, 1.807) is 0 Å². The smallest absolute Gasteiger partial charge is 0.330 e. The fraction of sp³-hybridized carbons (Fsp3) is 0.683. The molecule has 15 nitrogen and oxygen atoms in total. The number of rotatable bonds is 28. The van der Waals surface area contributed by atoms with Crippen LogP contribution in [0.1, 0.15) is 63.8 Å². The summed E-state index contributed by atoms with van der Waals surface area (Å²) in [4.78, 5) is 47.4. The van der Waals surface area contributed by atoms with Gasteiger partial charge in [0.1, 0.15) is 44.6 Å². The first-order valence-electron chi connectivity index (χ1n) is 19.6. The van der Waals surface area contributed by atoms with Crippen molar-refractivity contribution in [1.82, 2.24) is 0 Å². The second kappa shape index (κ2) is 27.1. The minimum atomic E-state index is -1.44. The number of aromatic nitrogens is 1. The van der Waals surface area contributed by atoms with Gasteiger partial charge in [0.15, 0.2) is 24.8 Å². The number of hydrogen-bond acceptors (Lipinski definition) is 14. The average molecular weight is 793 g/mol. The number of nitrogens with zero attached hydrogens (tertiary/aromatic N) is 1.